The molecular formula is C30H36N2O2. The highest BCUT2D eigenvalue weighted by atomic mass is 16.2. The van der Waals surface area contributed by atoms with Gasteiger partial charge < -0.3 is 11.1 Å². The number of carbonyl (C=O) groups is 2. The summed E-state index contributed by atoms with van der Waals surface area (Å²) < 4.78 is 0. The summed E-state index contributed by atoms with van der Waals surface area (Å²) in [5, 5.41) is 3.05. The van der Waals surface area contributed by atoms with Crippen LogP contribution in [0.3, 0.4) is 0 Å². The zero-order valence-electron chi connectivity index (χ0n) is 20.9. The van der Waals surface area contributed by atoms with E-state index in [9.17, 15) is 9.59 Å². The number of nitrogens with two attached hydrogens (primary N) is 1. The molecule has 0 radical (unpaired) electrons. The van der Waals surface area contributed by atoms with Crippen molar-refractivity contribution in [3.05, 3.63) is 106 Å². The van der Waals surface area contributed by atoms with E-state index in [1.807, 2.05) is 60.7 Å². The second kappa shape index (κ2) is 10.7. The number of hydrogen-bond acceptors (Lipinski definition) is 2. The van der Waals surface area contributed by atoms with Crippen molar-refractivity contribution in [3.8, 4) is 0 Å². The summed E-state index contributed by atoms with van der Waals surface area (Å²) in [5.41, 5.74) is 10.9. The predicted octanol–water partition coefficient (Wildman–Crippen LogP) is 5.96. The Hall–Kier alpha value is -3.40. The molecule has 0 heterocycles. The van der Waals surface area contributed by atoms with Gasteiger partial charge in [-0.15, -0.1) is 0 Å². The number of nitrogens with one attached hydrogen (secondary N) is 1. The zero-order chi connectivity index (χ0) is 24.9. The van der Waals surface area contributed by atoms with Crippen molar-refractivity contribution in [2.24, 2.45) is 5.73 Å². The van der Waals surface area contributed by atoms with E-state index in [0.29, 0.717) is 23.6 Å². The van der Waals surface area contributed by atoms with Gasteiger partial charge in [-0.1, -0.05) is 89.2 Å². The lowest BCUT2D eigenvalue weighted by Gasteiger charge is -2.27. The van der Waals surface area contributed by atoms with Crippen LogP contribution >= 0.6 is 0 Å². The Labute approximate surface area is 203 Å². The third kappa shape index (κ3) is 6.13. The highest BCUT2D eigenvalue weighted by molar-refractivity contribution is 5.95. The maximum absolute atomic E-state index is 12.7. The molecule has 3 rings (SSSR count). The van der Waals surface area contributed by atoms with Crippen LogP contribution in [-0.2, 0) is 11.8 Å². The third-order valence-corrected chi connectivity index (χ3v) is 6.58. The number of amides is 2. The average Bonchev–Trinajstić information content (AvgIpc) is 2.83. The summed E-state index contributed by atoms with van der Waals surface area (Å²) in [7, 11) is 0. The Balaban J connectivity index is 1.73. The number of hydrogen-bond donors (Lipinski definition) is 2. The maximum atomic E-state index is 12.7. The van der Waals surface area contributed by atoms with Crippen LogP contribution in [0.15, 0.2) is 72.8 Å². The molecule has 0 saturated carbocycles. The molecule has 1 atom stereocenters. The van der Waals surface area contributed by atoms with Gasteiger partial charge in [-0.25, -0.2) is 0 Å². The van der Waals surface area contributed by atoms with Crippen LogP contribution in [0.4, 0.5) is 0 Å². The van der Waals surface area contributed by atoms with Crippen molar-refractivity contribution < 1.29 is 9.59 Å². The second-order valence-corrected chi connectivity index (χ2v) is 10.1. The molecule has 0 aliphatic rings. The number of rotatable bonds is 9. The molecule has 3 aromatic rings. The number of benzene rings is 3. The molecule has 2 amide bonds. The van der Waals surface area contributed by atoms with Crippen LogP contribution in [0.25, 0.3) is 0 Å². The van der Waals surface area contributed by atoms with Gasteiger partial charge in [-0.2, -0.15) is 0 Å². The molecule has 34 heavy (non-hydrogen) atoms. The fourth-order valence-electron chi connectivity index (χ4n) is 4.16. The molecule has 3 N–H and O–H groups in total. The summed E-state index contributed by atoms with van der Waals surface area (Å²) in [6, 6.07) is 23.9. The van der Waals surface area contributed by atoms with E-state index in [2.05, 4.69) is 52.1 Å². The van der Waals surface area contributed by atoms with Crippen LogP contribution in [0.2, 0.25) is 0 Å². The van der Waals surface area contributed by atoms with E-state index >= 15 is 0 Å². The van der Waals surface area contributed by atoms with Gasteiger partial charge in [0.1, 0.15) is 0 Å². The average molecular weight is 457 g/mol. The Morgan fingerprint density at radius 3 is 2.12 bits per heavy atom. The van der Waals surface area contributed by atoms with E-state index < -0.39 is 5.91 Å². The van der Waals surface area contributed by atoms with Gasteiger partial charge in [0.2, 0.25) is 5.91 Å². The first-order valence-corrected chi connectivity index (χ1v) is 11.9. The minimum atomic E-state index is -0.429. The Morgan fingerprint density at radius 1 is 0.882 bits per heavy atom. The van der Waals surface area contributed by atoms with E-state index in [1.165, 1.54) is 11.1 Å². The van der Waals surface area contributed by atoms with E-state index in [1.54, 1.807) is 0 Å². The zero-order valence-corrected chi connectivity index (χ0v) is 20.9. The molecule has 4 heteroatoms. The number of carbonyl (C=O) groups excluding carboxylic acids is 2. The van der Waals surface area contributed by atoms with Crippen LogP contribution in [0.1, 0.15) is 89.4 Å². The largest absolute Gasteiger partial charge is 0.366 e. The molecule has 0 fully saturated rings. The lowest BCUT2D eigenvalue weighted by molar-refractivity contribution is 0.0944. The molecule has 0 bridgehead atoms. The topological polar surface area (TPSA) is 72.2 Å². The Bertz CT molecular complexity index is 1130. The predicted molar refractivity (Wildman–Crippen MR) is 139 cm³/mol. The van der Waals surface area contributed by atoms with Crippen molar-refractivity contribution >= 4 is 11.8 Å². The van der Waals surface area contributed by atoms with Gasteiger partial charge in [0, 0.05) is 23.1 Å². The molecule has 4 nitrogen and oxygen atoms in total. The fourth-order valence-corrected chi connectivity index (χ4v) is 4.16. The molecule has 0 saturated heterocycles. The van der Waals surface area contributed by atoms with Crippen molar-refractivity contribution in [2.45, 2.75) is 58.3 Å². The second-order valence-electron chi connectivity index (χ2n) is 10.1. The van der Waals surface area contributed by atoms with Crippen molar-refractivity contribution in [1.29, 1.82) is 0 Å². The lowest BCUT2D eigenvalue weighted by atomic mass is 9.81. The number of primary amides is 1. The van der Waals surface area contributed by atoms with Gasteiger partial charge in [-0.3, -0.25) is 9.59 Å². The molecule has 0 spiro atoms. The highest BCUT2D eigenvalue weighted by Gasteiger charge is 2.24. The van der Waals surface area contributed by atoms with Crippen LogP contribution in [0.5, 0.6) is 0 Å². The molecule has 0 aromatic heterocycles. The van der Waals surface area contributed by atoms with Gasteiger partial charge >= 0.3 is 0 Å². The SMILES string of the molecule is CC(C)c1ccc(C(=O)NCC(C)(C)c2ccc(C[C@H](C)c3ccccc3)c(C(N)=O)c2)cc1. The molecular weight excluding hydrogens is 420 g/mol. The monoisotopic (exact) mass is 456 g/mol. The first-order chi connectivity index (χ1) is 16.1. The van der Waals surface area contributed by atoms with Crippen molar-refractivity contribution in [3.63, 3.8) is 0 Å². The summed E-state index contributed by atoms with van der Waals surface area (Å²) in [6.07, 6.45) is 0.728. The normalized spacial score (nSPS) is 12.4. The molecule has 0 unspecified atom stereocenters. The van der Waals surface area contributed by atoms with E-state index in [-0.39, 0.29) is 17.2 Å². The minimum Gasteiger partial charge on any atom is -0.366 e. The van der Waals surface area contributed by atoms with Crippen LogP contribution in [0, 0.1) is 0 Å². The van der Waals surface area contributed by atoms with Crippen molar-refractivity contribution in [1.82, 2.24) is 5.32 Å². The first-order valence-electron chi connectivity index (χ1n) is 11.9. The highest BCUT2D eigenvalue weighted by Crippen LogP contribution is 2.28. The first kappa shape index (κ1) is 25.2. The summed E-state index contributed by atoms with van der Waals surface area (Å²) in [4.78, 5) is 25.0. The smallest absolute Gasteiger partial charge is 0.251 e. The van der Waals surface area contributed by atoms with Crippen LogP contribution in [-0.4, -0.2) is 18.4 Å². The Morgan fingerprint density at radius 2 is 1.53 bits per heavy atom. The fraction of sp³-hybridized carbons (Fsp3) is 0.333. The summed E-state index contributed by atoms with van der Waals surface area (Å²) >= 11 is 0. The standard InChI is InChI=1S/C30H36N2O2/c1-20(2)22-11-13-24(14-12-22)29(34)32-19-30(4,5)26-16-15-25(27(18-26)28(31)33)17-21(3)23-9-7-6-8-10-23/h6-16,18,20-21H,17,19H2,1-5H3,(H2,31,33)(H,32,34)/t21-/m0/s1. The summed E-state index contributed by atoms with van der Waals surface area (Å²) in [5.74, 6) is 0.155. The van der Waals surface area contributed by atoms with Crippen LogP contribution < -0.4 is 11.1 Å². The minimum absolute atomic E-state index is 0.105. The Kier molecular flexibility index (Phi) is 7.93. The quantitative estimate of drug-likeness (QED) is 0.417. The molecule has 3 aromatic carbocycles. The van der Waals surface area contributed by atoms with Gasteiger partial charge in [-0.05, 0) is 58.7 Å². The lowest BCUT2D eigenvalue weighted by Crippen LogP contribution is -2.37. The van der Waals surface area contributed by atoms with Gasteiger partial charge in [0.05, 0.1) is 0 Å². The van der Waals surface area contributed by atoms with E-state index in [0.717, 1.165) is 17.5 Å². The molecule has 0 aliphatic carbocycles. The van der Waals surface area contributed by atoms with Gasteiger partial charge in [0.25, 0.3) is 5.91 Å². The maximum Gasteiger partial charge on any atom is 0.251 e. The molecule has 178 valence electrons. The third-order valence-electron chi connectivity index (χ3n) is 6.58. The van der Waals surface area contributed by atoms with Crippen molar-refractivity contribution in [2.75, 3.05) is 6.54 Å². The van der Waals surface area contributed by atoms with E-state index in [4.69, 9.17) is 5.73 Å². The molecule has 0 aliphatic heterocycles. The van der Waals surface area contributed by atoms with Gasteiger partial charge in [0.15, 0.2) is 0 Å². The summed E-state index contributed by atoms with van der Waals surface area (Å²) in [6.45, 7) is 11.0.